The Morgan fingerprint density at radius 1 is 0.903 bits per heavy atom. The van der Waals surface area contributed by atoms with E-state index in [1.54, 1.807) is 13.8 Å². The van der Waals surface area contributed by atoms with Crippen LogP contribution < -0.4 is 21.7 Å². The number of hydrogen-bond donors (Lipinski definition) is 7. The number of thiol groups is 1. The minimum Gasteiger partial charge on any atom is -0.481 e. The fraction of sp³-hybridized carbons (Fsp3) is 0.737. The molecule has 0 saturated heterocycles. The van der Waals surface area contributed by atoms with Gasteiger partial charge in [-0.05, 0) is 18.3 Å². The Hall–Kier alpha value is -2.34. The van der Waals surface area contributed by atoms with Crippen molar-refractivity contribution in [2.24, 2.45) is 17.6 Å². The van der Waals surface area contributed by atoms with Crippen LogP contribution in [-0.4, -0.2) is 69.8 Å². The molecule has 12 heteroatoms. The molecule has 3 amide bonds. The summed E-state index contributed by atoms with van der Waals surface area (Å²) in [7, 11) is 0. The van der Waals surface area contributed by atoms with Crippen LogP contribution in [0.3, 0.4) is 0 Å². The molecule has 5 atom stereocenters. The van der Waals surface area contributed by atoms with Crippen molar-refractivity contribution in [3.8, 4) is 0 Å². The number of aliphatic carboxylic acids is 2. The average molecular weight is 463 g/mol. The molecule has 7 N–H and O–H groups in total. The van der Waals surface area contributed by atoms with E-state index in [4.69, 9.17) is 10.8 Å². The summed E-state index contributed by atoms with van der Waals surface area (Å²) >= 11 is 3.89. The zero-order valence-electron chi connectivity index (χ0n) is 18.3. The molecular formula is C19H34N4O7S. The zero-order chi connectivity index (χ0) is 24.3. The number of rotatable bonds is 14. The summed E-state index contributed by atoms with van der Waals surface area (Å²) in [6.45, 7) is 7.09. The highest BCUT2D eigenvalue weighted by molar-refractivity contribution is 7.80. The molecule has 0 bridgehead atoms. The van der Waals surface area contributed by atoms with Gasteiger partial charge in [-0.15, -0.1) is 0 Å². The minimum atomic E-state index is -1.47. The van der Waals surface area contributed by atoms with Crippen LogP contribution in [0.15, 0.2) is 0 Å². The molecule has 0 aromatic carbocycles. The van der Waals surface area contributed by atoms with E-state index in [0.29, 0.717) is 6.42 Å². The van der Waals surface area contributed by atoms with Gasteiger partial charge in [0.2, 0.25) is 17.7 Å². The molecule has 0 aliphatic carbocycles. The molecule has 0 fully saturated rings. The van der Waals surface area contributed by atoms with E-state index in [2.05, 4.69) is 28.6 Å². The molecule has 31 heavy (non-hydrogen) atoms. The van der Waals surface area contributed by atoms with Crippen LogP contribution in [0.4, 0.5) is 0 Å². The third kappa shape index (κ3) is 10.5. The maximum atomic E-state index is 12.8. The van der Waals surface area contributed by atoms with Gasteiger partial charge in [0.1, 0.15) is 18.1 Å². The first kappa shape index (κ1) is 28.7. The molecule has 0 aliphatic heterocycles. The standard InChI is InChI=1S/C19H34N4O7S/c1-5-10(4)15(18(28)22-13(19(29)30)6-9(2)3)23-17(27)12(7-14(24)25)21-16(26)11(20)8-31/h9-13,15,31H,5-8,20H2,1-4H3,(H,21,26)(H,22,28)(H,23,27)(H,24,25)(H,29,30). The largest absolute Gasteiger partial charge is 0.481 e. The summed E-state index contributed by atoms with van der Waals surface area (Å²) in [6.07, 6.45) is -0.0564. The van der Waals surface area contributed by atoms with Gasteiger partial charge in [0.15, 0.2) is 0 Å². The number of carboxylic acids is 2. The molecule has 0 spiro atoms. The molecule has 5 unspecified atom stereocenters. The molecule has 0 aromatic rings. The fourth-order valence-electron chi connectivity index (χ4n) is 2.66. The van der Waals surface area contributed by atoms with Crippen molar-refractivity contribution in [3.05, 3.63) is 0 Å². The normalized spacial score (nSPS) is 15.8. The van der Waals surface area contributed by atoms with E-state index in [0.717, 1.165) is 0 Å². The highest BCUT2D eigenvalue weighted by atomic mass is 32.1. The lowest BCUT2D eigenvalue weighted by Gasteiger charge is -2.28. The van der Waals surface area contributed by atoms with E-state index >= 15 is 0 Å². The highest BCUT2D eigenvalue weighted by Crippen LogP contribution is 2.11. The molecule has 0 aromatic heterocycles. The second-order valence-corrected chi connectivity index (χ2v) is 8.21. The second-order valence-electron chi connectivity index (χ2n) is 7.85. The summed E-state index contributed by atoms with van der Waals surface area (Å²) in [4.78, 5) is 60.1. The smallest absolute Gasteiger partial charge is 0.326 e. The van der Waals surface area contributed by atoms with Crippen molar-refractivity contribution < 1.29 is 34.2 Å². The van der Waals surface area contributed by atoms with Crippen LogP contribution in [0.5, 0.6) is 0 Å². The van der Waals surface area contributed by atoms with Gasteiger partial charge in [0.05, 0.1) is 12.5 Å². The third-order valence-corrected chi connectivity index (χ3v) is 5.05. The first-order valence-corrected chi connectivity index (χ1v) is 10.7. The lowest BCUT2D eigenvalue weighted by molar-refractivity contribution is -0.144. The van der Waals surface area contributed by atoms with E-state index in [9.17, 15) is 29.1 Å². The predicted molar refractivity (Wildman–Crippen MR) is 116 cm³/mol. The van der Waals surface area contributed by atoms with Crippen molar-refractivity contribution in [1.82, 2.24) is 16.0 Å². The fourth-order valence-corrected chi connectivity index (χ4v) is 2.82. The summed E-state index contributed by atoms with van der Waals surface area (Å²) < 4.78 is 0. The van der Waals surface area contributed by atoms with Crippen molar-refractivity contribution in [1.29, 1.82) is 0 Å². The van der Waals surface area contributed by atoms with Crippen molar-refractivity contribution >= 4 is 42.3 Å². The molecule has 11 nitrogen and oxygen atoms in total. The Balaban J connectivity index is 5.54. The molecule has 0 radical (unpaired) electrons. The molecular weight excluding hydrogens is 428 g/mol. The highest BCUT2D eigenvalue weighted by Gasteiger charge is 2.33. The van der Waals surface area contributed by atoms with E-state index in [1.165, 1.54) is 0 Å². The van der Waals surface area contributed by atoms with Gasteiger partial charge in [-0.25, -0.2) is 4.79 Å². The Morgan fingerprint density at radius 2 is 1.45 bits per heavy atom. The SMILES string of the molecule is CCC(C)C(NC(=O)C(CC(=O)O)NC(=O)C(N)CS)C(=O)NC(CC(C)C)C(=O)O. The van der Waals surface area contributed by atoms with Crippen LogP contribution in [0.2, 0.25) is 0 Å². The van der Waals surface area contributed by atoms with Crippen LogP contribution in [-0.2, 0) is 24.0 Å². The summed E-state index contributed by atoms with van der Waals surface area (Å²) in [5.74, 6) is -5.30. The summed E-state index contributed by atoms with van der Waals surface area (Å²) in [6, 6.07) is -4.79. The zero-order valence-corrected chi connectivity index (χ0v) is 19.1. The Kier molecular flexibility index (Phi) is 12.8. The number of hydrogen-bond acceptors (Lipinski definition) is 7. The van der Waals surface area contributed by atoms with Crippen LogP contribution >= 0.6 is 12.6 Å². The minimum absolute atomic E-state index is 0.00392. The second kappa shape index (κ2) is 13.9. The Labute approximate surface area is 187 Å². The first-order valence-electron chi connectivity index (χ1n) is 10.1. The van der Waals surface area contributed by atoms with Crippen LogP contribution in [0.1, 0.15) is 47.0 Å². The topological polar surface area (TPSA) is 188 Å². The lowest BCUT2D eigenvalue weighted by Crippen LogP contribution is -2.59. The summed E-state index contributed by atoms with van der Waals surface area (Å²) in [5.41, 5.74) is 5.55. The molecule has 0 heterocycles. The van der Waals surface area contributed by atoms with Gasteiger partial charge in [0.25, 0.3) is 0 Å². The van der Waals surface area contributed by atoms with Crippen molar-refractivity contribution in [3.63, 3.8) is 0 Å². The first-order chi connectivity index (χ1) is 14.3. The molecule has 0 aliphatic rings. The third-order valence-electron chi connectivity index (χ3n) is 4.66. The van der Waals surface area contributed by atoms with Crippen LogP contribution in [0.25, 0.3) is 0 Å². The monoisotopic (exact) mass is 462 g/mol. The Bertz CT molecular complexity index is 659. The molecule has 178 valence electrons. The lowest BCUT2D eigenvalue weighted by atomic mass is 9.96. The molecule has 0 saturated carbocycles. The van der Waals surface area contributed by atoms with Gasteiger partial charge in [-0.3, -0.25) is 19.2 Å². The van der Waals surface area contributed by atoms with Gasteiger partial charge in [-0.2, -0.15) is 12.6 Å². The average Bonchev–Trinajstić information content (AvgIpc) is 2.68. The summed E-state index contributed by atoms with van der Waals surface area (Å²) in [5, 5.41) is 25.6. The van der Waals surface area contributed by atoms with E-state index in [-0.39, 0.29) is 18.1 Å². The van der Waals surface area contributed by atoms with E-state index in [1.807, 2.05) is 13.8 Å². The maximum Gasteiger partial charge on any atom is 0.326 e. The predicted octanol–water partition coefficient (Wildman–Crippen LogP) is -0.651. The number of amides is 3. The Morgan fingerprint density at radius 3 is 1.87 bits per heavy atom. The quantitative estimate of drug-likeness (QED) is 0.166. The van der Waals surface area contributed by atoms with Crippen molar-refractivity contribution in [2.45, 2.75) is 71.1 Å². The number of nitrogens with one attached hydrogen (secondary N) is 3. The number of carbonyl (C=O) groups is 5. The maximum absolute atomic E-state index is 12.8. The van der Waals surface area contributed by atoms with Gasteiger partial charge < -0.3 is 31.9 Å². The van der Waals surface area contributed by atoms with Gasteiger partial charge >= 0.3 is 11.9 Å². The number of nitrogens with two attached hydrogens (primary N) is 1. The number of carboxylic acid groups (broad SMARTS) is 2. The number of carbonyl (C=O) groups excluding carboxylic acids is 3. The van der Waals surface area contributed by atoms with Gasteiger partial charge in [0, 0.05) is 5.75 Å². The van der Waals surface area contributed by atoms with Gasteiger partial charge in [-0.1, -0.05) is 34.1 Å². The van der Waals surface area contributed by atoms with Crippen molar-refractivity contribution in [2.75, 3.05) is 5.75 Å². The van der Waals surface area contributed by atoms with E-state index < -0.39 is 66.2 Å². The molecule has 0 rings (SSSR count). The van der Waals surface area contributed by atoms with Crippen LogP contribution in [0, 0.1) is 11.8 Å².